The molecule has 2 aromatic carbocycles. The molecular formula is C15H13BrClFO2. The molecule has 0 radical (unpaired) electrons. The van der Waals surface area contributed by atoms with Gasteiger partial charge in [0.2, 0.25) is 0 Å². The third-order valence-corrected chi connectivity index (χ3v) is 3.63. The average molecular weight is 360 g/mol. The first kappa shape index (κ1) is 15.3. The lowest BCUT2D eigenvalue weighted by molar-refractivity contribution is 0.211. The van der Waals surface area contributed by atoms with Crippen LogP contribution >= 0.6 is 27.5 Å². The molecule has 0 aliphatic rings. The number of ether oxygens (including phenoxy) is 1. The molecule has 106 valence electrons. The Labute approximate surface area is 130 Å². The molecule has 2 rings (SSSR count). The van der Waals surface area contributed by atoms with E-state index < -0.39 is 11.9 Å². The predicted octanol–water partition coefficient (Wildman–Crippen LogP) is 4.72. The van der Waals surface area contributed by atoms with Crippen LogP contribution in [0.4, 0.5) is 4.39 Å². The third-order valence-electron chi connectivity index (χ3n) is 2.83. The number of benzene rings is 2. The minimum absolute atomic E-state index is 0.0280. The van der Waals surface area contributed by atoms with Crippen molar-refractivity contribution in [2.75, 3.05) is 6.61 Å². The van der Waals surface area contributed by atoms with E-state index in [2.05, 4.69) is 15.9 Å². The zero-order chi connectivity index (χ0) is 14.7. The van der Waals surface area contributed by atoms with Gasteiger partial charge in [-0.3, -0.25) is 0 Å². The predicted molar refractivity (Wildman–Crippen MR) is 80.8 cm³/mol. The Bertz CT molecular complexity index is 619. The van der Waals surface area contributed by atoms with Crippen LogP contribution in [0.15, 0.2) is 40.9 Å². The lowest BCUT2D eigenvalue weighted by Crippen LogP contribution is -2.04. The largest absolute Gasteiger partial charge is 0.493 e. The molecular weight excluding hydrogens is 347 g/mol. The molecule has 2 aromatic rings. The molecule has 0 fully saturated rings. The molecule has 0 bridgehead atoms. The Morgan fingerprint density at radius 3 is 2.70 bits per heavy atom. The molecule has 20 heavy (non-hydrogen) atoms. The molecule has 0 aliphatic carbocycles. The summed E-state index contributed by atoms with van der Waals surface area (Å²) >= 11 is 9.00. The fraction of sp³-hybridized carbons (Fsp3) is 0.200. The molecule has 5 heteroatoms. The summed E-state index contributed by atoms with van der Waals surface area (Å²) in [5.74, 6) is 0.00901. The van der Waals surface area contributed by atoms with Crippen LogP contribution in [0.1, 0.15) is 24.2 Å². The monoisotopic (exact) mass is 358 g/mol. The van der Waals surface area contributed by atoms with Gasteiger partial charge in [0.05, 0.1) is 11.6 Å². The molecule has 0 saturated carbocycles. The summed E-state index contributed by atoms with van der Waals surface area (Å²) in [4.78, 5) is 0. The summed E-state index contributed by atoms with van der Waals surface area (Å²) in [5.41, 5.74) is 0.994. The number of hydrogen-bond acceptors (Lipinski definition) is 2. The van der Waals surface area contributed by atoms with Crippen LogP contribution < -0.4 is 4.74 Å². The standard InChI is InChI=1S/C15H13BrClFO2/c1-2-20-14-6-4-10(16)8-11(14)15(19)9-3-5-12(17)13(18)7-9/h3-8,15,19H,2H2,1H3. The Morgan fingerprint density at radius 2 is 2.05 bits per heavy atom. The second-order valence-corrected chi connectivity index (χ2v) is 5.51. The van der Waals surface area contributed by atoms with Crippen molar-refractivity contribution in [3.05, 3.63) is 62.8 Å². The Morgan fingerprint density at radius 1 is 1.30 bits per heavy atom. The molecule has 0 aromatic heterocycles. The van der Waals surface area contributed by atoms with Gasteiger partial charge in [-0.2, -0.15) is 0 Å². The van der Waals surface area contributed by atoms with E-state index in [0.717, 1.165) is 4.47 Å². The van der Waals surface area contributed by atoms with Gasteiger partial charge in [0.15, 0.2) is 0 Å². The van der Waals surface area contributed by atoms with Gasteiger partial charge in [-0.15, -0.1) is 0 Å². The maximum absolute atomic E-state index is 13.5. The fourth-order valence-corrected chi connectivity index (χ4v) is 2.38. The van der Waals surface area contributed by atoms with Crippen LogP contribution in [0.2, 0.25) is 5.02 Å². The van der Waals surface area contributed by atoms with Crippen molar-refractivity contribution in [1.82, 2.24) is 0 Å². The van der Waals surface area contributed by atoms with E-state index in [1.807, 2.05) is 13.0 Å². The van der Waals surface area contributed by atoms with Crippen LogP contribution in [-0.4, -0.2) is 11.7 Å². The summed E-state index contributed by atoms with van der Waals surface area (Å²) < 4.78 is 19.8. The topological polar surface area (TPSA) is 29.5 Å². The van der Waals surface area contributed by atoms with E-state index in [4.69, 9.17) is 16.3 Å². The van der Waals surface area contributed by atoms with E-state index in [1.54, 1.807) is 18.2 Å². The van der Waals surface area contributed by atoms with Crippen LogP contribution in [0, 0.1) is 5.82 Å². The van der Waals surface area contributed by atoms with Crippen molar-refractivity contribution in [2.45, 2.75) is 13.0 Å². The van der Waals surface area contributed by atoms with Crippen molar-refractivity contribution in [1.29, 1.82) is 0 Å². The van der Waals surface area contributed by atoms with Gasteiger partial charge >= 0.3 is 0 Å². The highest BCUT2D eigenvalue weighted by atomic mass is 79.9. The second-order valence-electron chi connectivity index (χ2n) is 4.19. The van der Waals surface area contributed by atoms with Crippen LogP contribution in [0.5, 0.6) is 5.75 Å². The summed E-state index contributed by atoms with van der Waals surface area (Å²) in [6.45, 7) is 2.34. The Balaban J connectivity index is 2.43. The van der Waals surface area contributed by atoms with Gasteiger partial charge in [0.25, 0.3) is 0 Å². The van der Waals surface area contributed by atoms with Gasteiger partial charge < -0.3 is 9.84 Å². The van der Waals surface area contributed by atoms with Crippen LogP contribution in [-0.2, 0) is 0 Å². The Hall–Kier alpha value is -1.10. The first-order valence-electron chi connectivity index (χ1n) is 6.08. The van der Waals surface area contributed by atoms with Crippen molar-refractivity contribution >= 4 is 27.5 Å². The molecule has 1 N–H and O–H groups in total. The van der Waals surface area contributed by atoms with Crippen LogP contribution in [0.25, 0.3) is 0 Å². The number of aliphatic hydroxyl groups excluding tert-OH is 1. The molecule has 2 nitrogen and oxygen atoms in total. The fourth-order valence-electron chi connectivity index (χ4n) is 1.88. The first-order chi connectivity index (χ1) is 9.52. The minimum Gasteiger partial charge on any atom is -0.493 e. The zero-order valence-electron chi connectivity index (χ0n) is 10.7. The van der Waals surface area contributed by atoms with E-state index >= 15 is 0 Å². The first-order valence-corrected chi connectivity index (χ1v) is 7.25. The van der Waals surface area contributed by atoms with E-state index in [0.29, 0.717) is 23.5 Å². The van der Waals surface area contributed by atoms with Gasteiger partial charge in [-0.1, -0.05) is 33.6 Å². The molecule has 1 unspecified atom stereocenters. The highest BCUT2D eigenvalue weighted by Crippen LogP contribution is 2.33. The lowest BCUT2D eigenvalue weighted by atomic mass is 10.0. The van der Waals surface area contributed by atoms with Crippen molar-refractivity contribution in [2.24, 2.45) is 0 Å². The molecule has 0 saturated heterocycles. The molecule has 0 spiro atoms. The average Bonchev–Trinajstić information content (AvgIpc) is 2.43. The summed E-state index contributed by atoms with van der Waals surface area (Å²) in [6.07, 6.45) is -0.985. The van der Waals surface area contributed by atoms with Gasteiger partial charge in [0.1, 0.15) is 17.7 Å². The van der Waals surface area contributed by atoms with E-state index in [9.17, 15) is 9.50 Å². The molecule has 0 aliphatic heterocycles. The molecule has 0 amide bonds. The second kappa shape index (κ2) is 6.57. The summed E-state index contributed by atoms with van der Waals surface area (Å²) in [7, 11) is 0. The van der Waals surface area contributed by atoms with Crippen molar-refractivity contribution < 1.29 is 14.2 Å². The maximum Gasteiger partial charge on any atom is 0.142 e. The number of aliphatic hydroxyl groups is 1. The lowest BCUT2D eigenvalue weighted by Gasteiger charge is -2.17. The molecule has 0 heterocycles. The SMILES string of the molecule is CCOc1ccc(Br)cc1C(O)c1ccc(Cl)c(F)c1. The summed E-state index contributed by atoms with van der Waals surface area (Å²) in [6, 6.07) is 9.58. The number of hydrogen-bond donors (Lipinski definition) is 1. The Kier molecular flexibility index (Phi) is 5.02. The summed E-state index contributed by atoms with van der Waals surface area (Å²) in [5, 5.41) is 10.5. The number of halogens is 3. The zero-order valence-corrected chi connectivity index (χ0v) is 13.1. The smallest absolute Gasteiger partial charge is 0.142 e. The van der Waals surface area contributed by atoms with Gasteiger partial charge in [-0.05, 0) is 42.8 Å². The normalized spacial score (nSPS) is 12.2. The van der Waals surface area contributed by atoms with Gasteiger partial charge in [-0.25, -0.2) is 4.39 Å². The maximum atomic E-state index is 13.5. The highest BCUT2D eigenvalue weighted by Gasteiger charge is 2.17. The van der Waals surface area contributed by atoms with Crippen molar-refractivity contribution in [3.63, 3.8) is 0 Å². The van der Waals surface area contributed by atoms with E-state index in [1.165, 1.54) is 12.1 Å². The number of rotatable bonds is 4. The van der Waals surface area contributed by atoms with Crippen LogP contribution in [0.3, 0.4) is 0 Å². The third kappa shape index (κ3) is 3.32. The van der Waals surface area contributed by atoms with E-state index in [-0.39, 0.29) is 5.02 Å². The highest BCUT2D eigenvalue weighted by molar-refractivity contribution is 9.10. The van der Waals surface area contributed by atoms with Crippen molar-refractivity contribution in [3.8, 4) is 5.75 Å². The minimum atomic E-state index is -0.985. The quantitative estimate of drug-likeness (QED) is 0.856. The van der Waals surface area contributed by atoms with Gasteiger partial charge in [0, 0.05) is 10.0 Å². The molecule has 1 atom stereocenters.